The van der Waals surface area contributed by atoms with Gasteiger partial charge in [-0.25, -0.2) is 13.8 Å². The number of thiophene rings is 1. The van der Waals surface area contributed by atoms with Crippen LogP contribution < -0.4 is 11.1 Å². The number of amides is 2. The number of nitrogens with two attached hydrogens (primary N) is 1. The molecule has 4 aromatic heterocycles. The minimum Gasteiger partial charge on any atom is -0.365 e. The summed E-state index contributed by atoms with van der Waals surface area (Å²) in [5.41, 5.74) is 8.00. The van der Waals surface area contributed by atoms with Crippen molar-refractivity contribution in [3.63, 3.8) is 0 Å². The third kappa shape index (κ3) is 4.35. The zero-order valence-corrected chi connectivity index (χ0v) is 21.8. The fraction of sp³-hybridized carbons (Fsp3) is 0.348. The number of fused-ring (bicyclic) bond motifs is 1. The van der Waals surface area contributed by atoms with Crippen LogP contribution in [0.3, 0.4) is 0 Å². The minimum atomic E-state index is -2.84. The predicted octanol–water partition coefficient (Wildman–Crippen LogP) is 5.10. The standard InChI is InChI=1S/C23H24ClF2N7O2S/c1-6-15(33-11(4)17(24)10(3)31-33)22(35)29-18-16-12(13-8-32(5)30-9(13)2)7-14(20(25)26)28-23(16)36-19(18)21(27)34/h7-8,15,20H,6H2,1-5H3,(H2,27,34)(H,29,35). The number of rotatable bonds is 7. The quantitative estimate of drug-likeness (QED) is 0.341. The second-order valence-corrected chi connectivity index (χ2v) is 9.77. The van der Waals surface area contributed by atoms with Crippen LogP contribution in [0.15, 0.2) is 12.3 Å². The fourth-order valence-corrected chi connectivity index (χ4v) is 5.36. The first kappa shape index (κ1) is 25.7. The summed E-state index contributed by atoms with van der Waals surface area (Å²) >= 11 is 7.13. The second kappa shape index (κ2) is 9.58. The lowest BCUT2D eigenvalue weighted by molar-refractivity contribution is -0.119. The van der Waals surface area contributed by atoms with E-state index in [1.807, 2.05) is 6.92 Å². The van der Waals surface area contributed by atoms with Crippen molar-refractivity contribution in [2.75, 3.05) is 5.32 Å². The van der Waals surface area contributed by atoms with Crippen molar-refractivity contribution in [1.82, 2.24) is 24.5 Å². The summed E-state index contributed by atoms with van der Waals surface area (Å²) < 4.78 is 30.5. The van der Waals surface area contributed by atoms with Crippen LogP contribution >= 0.6 is 22.9 Å². The number of halogens is 3. The number of pyridine rings is 1. The van der Waals surface area contributed by atoms with Crippen LogP contribution in [0.2, 0.25) is 5.02 Å². The van der Waals surface area contributed by atoms with Gasteiger partial charge in [0.15, 0.2) is 0 Å². The molecule has 0 aromatic carbocycles. The van der Waals surface area contributed by atoms with Gasteiger partial charge in [-0.1, -0.05) is 18.5 Å². The van der Waals surface area contributed by atoms with Crippen molar-refractivity contribution in [3.8, 4) is 11.1 Å². The van der Waals surface area contributed by atoms with Crippen LogP contribution in [0, 0.1) is 20.8 Å². The van der Waals surface area contributed by atoms with Gasteiger partial charge in [0, 0.05) is 24.2 Å². The largest absolute Gasteiger partial charge is 0.365 e. The van der Waals surface area contributed by atoms with Crippen LogP contribution in [0.5, 0.6) is 0 Å². The summed E-state index contributed by atoms with van der Waals surface area (Å²) in [6.45, 7) is 7.05. The third-order valence-electron chi connectivity index (χ3n) is 5.90. The van der Waals surface area contributed by atoms with Crippen molar-refractivity contribution in [1.29, 1.82) is 0 Å². The third-order valence-corrected chi connectivity index (χ3v) is 7.55. The molecule has 1 atom stereocenters. The highest BCUT2D eigenvalue weighted by Gasteiger charge is 2.29. The molecule has 0 fully saturated rings. The summed E-state index contributed by atoms with van der Waals surface area (Å²) in [4.78, 5) is 30.1. The summed E-state index contributed by atoms with van der Waals surface area (Å²) in [6.07, 6.45) is -0.790. The normalized spacial score (nSPS) is 12.5. The first-order valence-electron chi connectivity index (χ1n) is 11.0. The maximum Gasteiger partial charge on any atom is 0.280 e. The molecule has 9 nitrogen and oxygen atoms in total. The van der Waals surface area contributed by atoms with Gasteiger partial charge in [0.25, 0.3) is 12.3 Å². The molecule has 0 saturated carbocycles. The number of aryl methyl sites for hydroxylation is 3. The van der Waals surface area contributed by atoms with Gasteiger partial charge in [-0.15, -0.1) is 11.3 Å². The summed E-state index contributed by atoms with van der Waals surface area (Å²) in [6, 6.07) is 0.506. The average Bonchev–Trinajstić information content (AvgIpc) is 3.43. The molecule has 13 heteroatoms. The Morgan fingerprint density at radius 1 is 1.19 bits per heavy atom. The number of hydrogen-bond donors (Lipinski definition) is 2. The Hall–Kier alpha value is -3.38. The number of carbonyl (C=O) groups excluding carboxylic acids is 2. The number of primary amides is 1. The van der Waals surface area contributed by atoms with E-state index in [1.54, 1.807) is 38.7 Å². The lowest BCUT2D eigenvalue weighted by Crippen LogP contribution is -2.28. The van der Waals surface area contributed by atoms with Crippen LogP contribution in [-0.4, -0.2) is 36.4 Å². The monoisotopic (exact) mass is 535 g/mol. The topological polar surface area (TPSA) is 121 Å². The molecule has 0 spiro atoms. The Labute approximate surface area is 214 Å². The molecule has 190 valence electrons. The summed E-state index contributed by atoms with van der Waals surface area (Å²) in [7, 11) is 1.71. The molecule has 1 unspecified atom stereocenters. The molecule has 4 rings (SSSR count). The Morgan fingerprint density at radius 3 is 2.39 bits per heavy atom. The number of alkyl halides is 2. The first-order chi connectivity index (χ1) is 16.9. The van der Waals surface area contributed by atoms with Crippen LogP contribution in [-0.2, 0) is 11.8 Å². The molecule has 2 amide bonds. The molecule has 4 aromatic rings. The zero-order chi connectivity index (χ0) is 26.5. The van der Waals surface area contributed by atoms with Gasteiger partial charge in [-0.2, -0.15) is 10.2 Å². The van der Waals surface area contributed by atoms with Crippen molar-refractivity contribution in [3.05, 3.63) is 44.9 Å². The van der Waals surface area contributed by atoms with Crippen molar-refractivity contribution in [2.24, 2.45) is 12.8 Å². The van der Waals surface area contributed by atoms with E-state index < -0.39 is 30.0 Å². The predicted molar refractivity (Wildman–Crippen MR) is 135 cm³/mol. The summed E-state index contributed by atoms with van der Waals surface area (Å²) in [5.74, 6) is -1.28. The zero-order valence-electron chi connectivity index (χ0n) is 20.2. The highest BCUT2D eigenvalue weighted by molar-refractivity contribution is 7.21. The second-order valence-electron chi connectivity index (χ2n) is 8.39. The molecule has 0 bridgehead atoms. The molecular formula is C23H24ClF2N7O2S. The minimum absolute atomic E-state index is 0.00122. The lowest BCUT2D eigenvalue weighted by atomic mass is 10.0. The van der Waals surface area contributed by atoms with Crippen molar-refractivity contribution >= 4 is 50.7 Å². The number of anilines is 1. The van der Waals surface area contributed by atoms with Gasteiger partial charge < -0.3 is 11.1 Å². The molecule has 0 radical (unpaired) electrons. The van der Waals surface area contributed by atoms with Crippen LogP contribution in [0.25, 0.3) is 21.3 Å². The molecular weight excluding hydrogens is 512 g/mol. The van der Waals surface area contributed by atoms with Crippen LogP contribution in [0.4, 0.5) is 14.5 Å². The van der Waals surface area contributed by atoms with Crippen LogP contribution in [0.1, 0.15) is 58.3 Å². The Balaban J connectivity index is 1.93. The van der Waals surface area contributed by atoms with Gasteiger partial charge >= 0.3 is 0 Å². The first-order valence-corrected chi connectivity index (χ1v) is 12.2. The van der Waals surface area contributed by atoms with E-state index in [2.05, 4.69) is 20.5 Å². The SMILES string of the molecule is CCC(C(=O)Nc1c(C(N)=O)sc2nc(C(F)F)cc(-c3cn(C)nc3C)c12)n1nc(C)c(Cl)c1C. The van der Waals surface area contributed by atoms with E-state index in [0.29, 0.717) is 45.0 Å². The van der Waals surface area contributed by atoms with E-state index in [4.69, 9.17) is 17.3 Å². The molecule has 3 N–H and O–H groups in total. The molecule has 36 heavy (non-hydrogen) atoms. The fourth-order valence-electron chi connectivity index (χ4n) is 4.22. The molecule has 0 aliphatic heterocycles. The van der Waals surface area contributed by atoms with Gasteiger partial charge in [-0.05, 0) is 38.8 Å². The number of hydrogen-bond acceptors (Lipinski definition) is 6. The molecule has 4 heterocycles. The van der Waals surface area contributed by atoms with Crippen molar-refractivity contribution < 1.29 is 18.4 Å². The number of nitrogens with one attached hydrogen (secondary N) is 1. The van der Waals surface area contributed by atoms with Gasteiger partial charge in [0.05, 0.1) is 27.8 Å². The van der Waals surface area contributed by atoms with Gasteiger partial charge in [0.1, 0.15) is 21.4 Å². The van der Waals surface area contributed by atoms with E-state index in [0.717, 1.165) is 11.3 Å². The summed E-state index contributed by atoms with van der Waals surface area (Å²) in [5, 5.41) is 12.3. The molecule has 0 aliphatic carbocycles. The van der Waals surface area contributed by atoms with E-state index >= 15 is 0 Å². The smallest absolute Gasteiger partial charge is 0.280 e. The maximum absolute atomic E-state index is 13.7. The highest BCUT2D eigenvalue weighted by Crippen LogP contribution is 2.43. The number of nitrogens with zero attached hydrogens (tertiary/aromatic N) is 5. The molecule has 0 aliphatic rings. The number of aromatic nitrogens is 5. The lowest BCUT2D eigenvalue weighted by Gasteiger charge is -2.18. The Morgan fingerprint density at radius 2 is 1.89 bits per heavy atom. The van der Waals surface area contributed by atoms with E-state index in [1.165, 1.54) is 10.7 Å². The van der Waals surface area contributed by atoms with E-state index in [9.17, 15) is 18.4 Å². The highest BCUT2D eigenvalue weighted by atomic mass is 35.5. The van der Waals surface area contributed by atoms with Gasteiger partial charge in [-0.3, -0.25) is 19.0 Å². The Bertz CT molecular complexity index is 1510. The van der Waals surface area contributed by atoms with E-state index in [-0.39, 0.29) is 15.4 Å². The average molecular weight is 536 g/mol. The Kier molecular flexibility index (Phi) is 6.84. The number of carbonyl (C=O) groups is 2. The van der Waals surface area contributed by atoms with Crippen molar-refractivity contribution in [2.45, 2.75) is 46.6 Å². The maximum atomic E-state index is 13.7. The van der Waals surface area contributed by atoms with Gasteiger partial charge in [0.2, 0.25) is 5.91 Å². The molecule has 0 saturated heterocycles.